The lowest BCUT2D eigenvalue weighted by Crippen LogP contribution is -2.32. The molecule has 14 N–H and O–H groups in total. The van der Waals surface area contributed by atoms with Crippen LogP contribution >= 0.6 is 0 Å². The van der Waals surface area contributed by atoms with Crippen LogP contribution in [0.25, 0.3) is 0 Å². The molecule has 186 valence electrons. The van der Waals surface area contributed by atoms with Crippen LogP contribution in [0.3, 0.4) is 0 Å². The first-order chi connectivity index (χ1) is 14.8. The van der Waals surface area contributed by atoms with Crippen LogP contribution in [-0.2, 0) is 25.6 Å². The number of nitrogens with two attached hydrogens (primary N) is 3. The zero-order valence-corrected chi connectivity index (χ0v) is 17.1. The molecule has 0 spiro atoms. The Morgan fingerprint density at radius 3 is 1.66 bits per heavy atom. The molecular weight excluding hydrogens is 438 g/mol. The number of nitrogens with one attached hydrogen (secondary N) is 1. The Bertz CT molecular complexity index is 638. The highest BCUT2D eigenvalue weighted by Gasteiger charge is 2.13. The highest BCUT2D eigenvalue weighted by atomic mass is 16.4. The van der Waals surface area contributed by atoms with Gasteiger partial charge in [0.05, 0.1) is 31.8 Å². The van der Waals surface area contributed by atoms with Crippen molar-refractivity contribution >= 4 is 23.9 Å². The fourth-order valence-electron chi connectivity index (χ4n) is 1.18. The number of hydrogen-bond donors (Lipinski definition) is 11. The van der Waals surface area contributed by atoms with Crippen molar-refractivity contribution in [3.8, 4) is 0 Å². The highest BCUT2D eigenvalue weighted by Crippen LogP contribution is 1.95. The number of aromatic nitrogens is 2. The second kappa shape index (κ2) is 21.1. The average molecular weight is 469 g/mol. The Balaban J connectivity index is -0.000000369. The van der Waals surface area contributed by atoms with Crippen LogP contribution in [0.4, 0.5) is 0 Å². The molecule has 0 bridgehead atoms. The van der Waals surface area contributed by atoms with Crippen molar-refractivity contribution in [2.24, 2.45) is 17.2 Å². The van der Waals surface area contributed by atoms with Crippen LogP contribution in [0.1, 0.15) is 18.5 Å². The van der Waals surface area contributed by atoms with E-state index in [0.717, 1.165) is 0 Å². The van der Waals surface area contributed by atoms with Crippen LogP contribution in [0.15, 0.2) is 12.5 Å². The van der Waals surface area contributed by atoms with E-state index in [2.05, 4.69) is 15.7 Å². The van der Waals surface area contributed by atoms with Crippen LogP contribution in [-0.4, -0.2) is 108 Å². The summed E-state index contributed by atoms with van der Waals surface area (Å²) in [6.45, 7) is -1.01. The van der Waals surface area contributed by atoms with Gasteiger partial charge in [-0.3, -0.25) is 19.2 Å². The Morgan fingerprint density at radius 1 is 0.938 bits per heavy atom. The van der Waals surface area contributed by atoms with Gasteiger partial charge in [0.15, 0.2) is 0 Å². The number of aliphatic hydroxyl groups excluding tert-OH is 3. The molecule has 1 aromatic rings. The van der Waals surface area contributed by atoms with Gasteiger partial charge in [-0.25, -0.2) is 4.98 Å². The van der Waals surface area contributed by atoms with Gasteiger partial charge in [0.25, 0.3) is 0 Å². The molecule has 0 fully saturated rings. The van der Waals surface area contributed by atoms with Gasteiger partial charge in [0, 0.05) is 19.0 Å². The summed E-state index contributed by atoms with van der Waals surface area (Å²) >= 11 is 0. The summed E-state index contributed by atoms with van der Waals surface area (Å²) in [4.78, 5) is 45.9. The fraction of sp³-hybridized carbons (Fsp3) is 0.562. The molecule has 0 aliphatic rings. The zero-order valence-electron chi connectivity index (χ0n) is 17.1. The number of hydrogen-bond acceptors (Lipinski definition) is 11. The molecule has 1 aromatic heterocycles. The van der Waals surface area contributed by atoms with Crippen molar-refractivity contribution in [3.63, 3.8) is 0 Å². The normalized spacial score (nSPS) is 11.3. The third kappa shape index (κ3) is 24.9. The maximum absolute atomic E-state index is 10.3. The maximum atomic E-state index is 10.3. The number of nitrogens with zero attached hydrogens (tertiary/aromatic N) is 1. The van der Waals surface area contributed by atoms with Crippen molar-refractivity contribution < 1.29 is 54.9 Å². The van der Waals surface area contributed by atoms with Crippen molar-refractivity contribution in [1.82, 2.24) is 9.97 Å². The molecule has 32 heavy (non-hydrogen) atoms. The summed E-state index contributed by atoms with van der Waals surface area (Å²) in [6.07, 6.45) is 2.20. The number of aliphatic carboxylic acids is 4. The minimum absolute atomic E-state index is 0.0231. The van der Waals surface area contributed by atoms with Gasteiger partial charge in [-0.1, -0.05) is 0 Å². The third-order valence-electron chi connectivity index (χ3n) is 2.88. The van der Waals surface area contributed by atoms with E-state index < -0.39 is 42.1 Å². The first kappa shape index (κ1) is 33.5. The first-order valence-electron chi connectivity index (χ1n) is 8.80. The fourth-order valence-corrected chi connectivity index (χ4v) is 1.18. The minimum Gasteiger partial charge on any atom is -0.481 e. The second-order valence-electron chi connectivity index (χ2n) is 5.70. The van der Waals surface area contributed by atoms with E-state index in [0.29, 0.717) is 5.69 Å². The predicted molar refractivity (Wildman–Crippen MR) is 107 cm³/mol. The number of rotatable bonds is 10. The SMILES string of the molecule is NC(CCC(=O)O)C(=O)O.NC(Cc1c[nH]cn1)C(=O)O.NCC(=O)O.OCC(O)CO. The van der Waals surface area contributed by atoms with E-state index >= 15 is 0 Å². The Kier molecular flexibility index (Phi) is 22.1. The van der Waals surface area contributed by atoms with Gasteiger partial charge < -0.3 is 57.9 Å². The summed E-state index contributed by atoms with van der Waals surface area (Å²) in [5.41, 5.74) is 15.5. The molecule has 0 aromatic carbocycles. The van der Waals surface area contributed by atoms with Gasteiger partial charge in [0.1, 0.15) is 18.2 Å². The quantitative estimate of drug-likeness (QED) is 0.155. The lowest BCUT2D eigenvalue weighted by Gasteiger charge is -2.01. The molecule has 0 aliphatic carbocycles. The van der Waals surface area contributed by atoms with E-state index in [1.54, 1.807) is 6.20 Å². The van der Waals surface area contributed by atoms with E-state index in [9.17, 15) is 19.2 Å². The number of aliphatic hydroxyl groups is 3. The van der Waals surface area contributed by atoms with Gasteiger partial charge in [-0.15, -0.1) is 0 Å². The maximum Gasteiger partial charge on any atom is 0.320 e. The lowest BCUT2D eigenvalue weighted by atomic mass is 10.2. The molecular formula is C16H31N5O11. The van der Waals surface area contributed by atoms with Crippen molar-refractivity contribution in [3.05, 3.63) is 18.2 Å². The van der Waals surface area contributed by atoms with Crippen molar-refractivity contribution in [2.45, 2.75) is 37.5 Å². The second-order valence-corrected chi connectivity index (χ2v) is 5.70. The van der Waals surface area contributed by atoms with E-state index in [4.69, 9.17) is 47.2 Å². The van der Waals surface area contributed by atoms with Crippen LogP contribution in [0, 0.1) is 0 Å². The zero-order chi connectivity index (χ0) is 25.7. The summed E-state index contributed by atoms with van der Waals surface area (Å²) in [6, 6.07) is -1.92. The molecule has 2 unspecified atom stereocenters. The topological polar surface area (TPSA) is 317 Å². The van der Waals surface area contributed by atoms with Gasteiger partial charge in [-0.05, 0) is 6.42 Å². The molecule has 0 radical (unpaired) electrons. The largest absolute Gasteiger partial charge is 0.481 e. The number of aromatic amines is 1. The number of imidazole rings is 1. The van der Waals surface area contributed by atoms with Gasteiger partial charge in [-0.2, -0.15) is 0 Å². The van der Waals surface area contributed by atoms with Crippen LogP contribution < -0.4 is 17.2 Å². The summed E-state index contributed by atoms with van der Waals surface area (Å²) < 4.78 is 0. The molecule has 0 aliphatic heterocycles. The molecule has 1 heterocycles. The van der Waals surface area contributed by atoms with Gasteiger partial charge >= 0.3 is 23.9 Å². The molecule has 1 rings (SSSR count). The Morgan fingerprint density at radius 2 is 1.41 bits per heavy atom. The van der Waals surface area contributed by atoms with Gasteiger partial charge in [0.2, 0.25) is 0 Å². The molecule has 0 saturated heterocycles. The van der Waals surface area contributed by atoms with Crippen LogP contribution in [0.2, 0.25) is 0 Å². The Labute approximate surface area is 182 Å². The molecule has 16 nitrogen and oxygen atoms in total. The Hall–Kier alpha value is -3.15. The average Bonchev–Trinajstić information content (AvgIpc) is 3.25. The molecule has 16 heteroatoms. The van der Waals surface area contributed by atoms with E-state index in [1.807, 2.05) is 0 Å². The number of carboxylic acid groups (broad SMARTS) is 4. The van der Waals surface area contributed by atoms with Crippen molar-refractivity contribution in [2.75, 3.05) is 19.8 Å². The van der Waals surface area contributed by atoms with Crippen LogP contribution in [0.5, 0.6) is 0 Å². The molecule has 0 saturated carbocycles. The smallest absolute Gasteiger partial charge is 0.320 e. The number of carboxylic acids is 4. The minimum atomic E-state index is -1.17. The molecule has 2 atom stereocenters. The lowest BCUT2D eigenvalue weighted by molar-refractivity contribution is -0.140. The van der Waals surface area contributed by atoms with E-state index in [-0.39, 0.29) is 39.0 Å². The first-order valence-corrected chi connectivity index (χ1v) is 8.80. The molecule has 0 amide bonds. The van der Waals surface area contributed by atoms with Crippen molar-refractivity contribution in [1.29, 1.82) is 0 Å². The summed E-state index contributed by atoms with van der Waals surface area (Å²) in [7, 11) is 0. The monoisotopic (exact) mass is 469 g/mol. The highest BCUT2D eigenvalue weighted by molar-refractivity contribution is 5.74. The predicted octanol–water partition coefficient (Wildman–Crippen LogP) is -4.01. The standard InChI is InChI=1S/C6H9N3O2.C5H9NO4.C3H8O3.C2H5NO2/c7-5(6(10)11)1-4-2-8-3-9-4;6-3(5(9)10)1-2-4(7)8;4-1-3(6)2-5;3-1-2(4)5/h2-3,5H,1,7H2,(H,8,9)(H,10,11);3H,1-2,6H2,(H,7,8)(H,9,10);3-6H,1-2H2;1,3H2,(H,4,5). The van der Waals surface area contributed by atoms with E-state index in [1.165, 1.54) is 6.33 Å². The summed E-state index contributed by atoms with van der Waals surface area (Å²) in [5.74, 6) is -4.17. The number of carbonyl (C=O) groups is 4. The summed E-state index contributed by atoms with van der Waals surface area (Å²) in [5, 5.41) is 56.3. The third-order valence-corrected chi connectivity index (χ3v) is 2.88. The number of H-pyrrole nitrogens is 1.